The summed E-state index contributed by atoms with van der Waals surface area (Å²) in [5.74, 6) is 1.63. The highest BCUT2D eigenvalue weighted by Crippen LogP contribution is 2.30. The number of imidazole rings is 1. The van der Waals surface area contributed by atoms with Crippen LogP contribution in [0.2, 0.25) is 0 Å². The maximum atomic E-state index is 5.74. The van der Waals surface area contributed by atoms with Crippen LogP contribution in [0.4, 0.5) is 5.13 Å². The van der Waals surface area contributed by atoms with E-state index in [0.717, 1.165) is 33.5 Å². The average Bonchev–Trinajstić information content (AvgIpc) is 2.77. The summed E-state index contributed by atoms with van der Waals surface area (Å²) in [6, 6.07) is 4.01. The second-order valence-electron chi connectivity index (χ2n) is 4.64. The molecule has 0 aliphatic heterocycles. The highest BCUT2D eigenvalue weighted by molar-refractivity contribution is 7.22. The van der Waals surface area contributed by atoms with Crippen molar-refractivity contribution in [2.45, 2.75) is 20.3 Å². The molecule has 88 valence electrons. The first-order valence-corrected chi connectivity index (χ1v) is 6.49. The molecule has 0 spiro atoms. The third-order valence-corrected chi connectivity index (χ3v) is 3.58. The molecule has 0 aliphatic carbocycles. The Morgan fingerprint density at radius 2 is 2.18 bits per heavy atom. The van der Waals surface area contributed by atoms with Crippen molar-refractivity contribution < 1.29 is 0 Å². The molecule has 0 radical (unpaired) electrons. The zero-order valence-electron chi connectivity index (χ0n) is 9.82. The molecule has 3 aromatic rings. The Kier molecular flexibility index (Phi) is 2.29. The van der Waals surface area contributed by atoms with Crippen LogP contribution in [0.1, 0.15) is 19.7 Å². The summed E-state index contributed by atoms with van der Waals surface area (Å²) < 4.78 is 1.08. The molecule has 0 saturated heterocycles. The lowest BCUT2D eigenvalue weighted by atomic mass is 10.1. The molecule has 4 nitrogen and oxygen atoms in total. The standard InChI is InChI=1S/C12H14N4S/c1-6(2)5-9-14-7-3-4-8-11(10(7)16-9)17-12(13)15-8/h3-4,6H,5H2,1-2H3,(H2,13,15)(H,14,16). The minimum atomic E-state index is 0.595. The monoisotopic (exact) mass is 246 g/mol. The quantitative estimate of drug-likeness (QED) is 0.730. The number of nitrogens with two attached hydrogens (primary N) is 1. The number of hydrogen-bond acceptors (Lipinski definition) is 4. The lowest BCUT2D eigenvalue weighted by Gasteiger charge is -1.98. The Morgan fingerprint density at radius 3 is 2.94 bits per heavy atom. The summed E-state index contributed by atoms with van der Waals surface area (Å²) in [5.41, 5.74) is 8.73. The molecule has 0 amide bonds. The molecule has 2 aromatic heterocycles. The van der Waals surface area contributed by atoms with Gasteiger partial charge in [0.2, 0.25) is 0 Å². The normalized spacial score (nSPS) is 11.9. The molecule has 0 bridgehead atoms. The van der Waals surface area contributed by atoms with Gasteiger partial charge in [-0.25, -0.2) is 9.97 Å². The smallest absolute Gasteiger partial charge is 0.181 e. The van der Waals surface area contributed by atoms with Gasteiger partial charge in [-0.3, -0.25) is 0 Å². The number of hydrogen-bond donors (Lipinski definition) is 2. The van der Waals surface area contributed by atoms with Crippen LogP contribution < -0.4 is 5.73 Å². The lowest BCUT2D eigenvalue weighted by molar-refractivity contribution is 0.627. The molecule has 2 heterocycles. The van der Waals surface area contributed by atoms with Crippen molar-refractivity contribution in [2.24, 2.45) is 5.92 Å². The first kappa shape index (κ1) is 10.5. The van der Waals surface area contributed by atoms with Crippen molar-refractivity contribution in [3.05, 3.63) is 18.0 Å². The van der Waals surface area contributed by atoms with Crippen LogP contribution in [-0.2, 0) is 6.42 Å². The minimum absolute atomic E-state index is 0.595. The van der Waals surface area contributed by atoms with Crippen molar-refractivity contribution in [1.82, 2.24) is 15.0 Å². The van der Waals surface area contributed by atoms with Crippen LogP contribution in [-0.4, -0.2) is 15.0 Å². The van der Waals surface area contributed by atoms with E-state index >= 15 is 0 Å². The molecule has 5 heteroatoms. The molecule has 3 N–H and O–H groups in total. The van der Waals surface area contributed by atoms with Gasteiger partial charge in [-0.1, -0.05) is 25.2 Å². The zero-order valence-corrected chi connectivity index (χ0v) is 10.6. The van der Waals surface area contributed by atoms with Crippen molar-refractivity contribution in [1.29, 1.82) is 0 Å². The van der Waals surface area contributed by atoms with Crippen molar-refractivity contribution in [3.63, 3.8) is 0 Å². The predicted octanol–water partition coefficient (Wildman–Crippen LogP) is 2.95. The molecular weight excluding hydrogens is 232 g/mol. The Morgan fingerprint density at radius 1 is 1.35 bits per heavy atom. The van der Waals surface area contributed by atoms with Crippen molar-refractivity contribution in [2.75, 3.05) is 5.73 Å². The molecular formula is C12H14N4S. The number of aromatic nitrogens is 3. The number of thiazole rings is 1. The summed E-state index contributed by atoms with van der Waals surface area (Å²) in [4.78, 5) is 12.3. The van der Waals surface area contributed by atoms with E-state index in [1.807, 2.05) is 12.1 Å². The largest absolute Gasteiger partial charge is 0.375 e. The predicted molar refractivity (Wildman–Crippen MR) is 72.2 cm³/mol. The maximum Gasteiger partial charge on any atom is 0.181 e. The Bertz CT molecular complexity index is 680. The highest BCUT2D eigenvalue weighted by Gasteiger charge is 2.10. The summed E-state index contributed by atoms with van der Waals surface area (Å²) in [7, 11) is 0. The molecule has 17 heavy (non-hydrogen) atoms. The van der Waals surface area contributed by atoms with Crippen LogP contribution in [0.15, 0.2) is 12.1 Å². The molecule has 0 aliphatic rings. The van der Waals surface area contributed by atoms with Gasteiger partial charge in [-0.15, -0.1) is 0 Å². The van der Waals surface area contributed by atoms with Gasteiger partial charge >= 0.3 is 0 Å². The van der Waals surface area contributed by atoms with Crippen molar-refractivity contribution in [3.8, 4) is 0 Å². The topological polar surface area (TPSA) is 67.6 Å². The third kappa shape index (κ3) is 1.76. The van der Waals surface area contributed by atoms with Gasteiger partial charge in [0.15, 0.2) is 5.13 Å². The van der Waals surface area contributed by atoms with E-state index in [-0.39, 0.29) is 0 Å². The van der Waals surface area contributed by atoms with Gasteiger partial charge in [-0.2, -0.15) is 0 Å². The van der Waals surface area contributed by atoms with Crippen molar-refractivity contribution >= 4 is 37.7 Å². The summed E-state index contributed by atoms with van der Waals surface area (Å²) in [6.45, 7) is 4.38. The summed E-state index contributed by atoms with van der Waals surface area (Å²) >= 11 is 1.50. The fourth-order valence-corrected chi connectivity index (χ4v) is 2.83. The van der Waals surface area contributed by atoms with E-state index in [2.05, 4.69) is 28.8 Å². The number of nitrogen functional groups attached to an aromatic ring is 1. The molecule has 0 saturated carbocycles. The molecule has 0 fully saturated rings. The van der Waals surface area contributed by atoms with Gasteiger partial charge in [0, 0.05) is 6.42 Å². The number of aromatic amines is 1. The van der Waals surface area contributed by atoms with Crippen LogP contribution in [0, 0.1) is 5.92 Å². The number of anilines is 1. The molecule has 1 aromatic carbocycles. The maximum absolute atomic E-state index is 5.74. The number of benzene rings is 1. The number of fused-ring (bicyclic) bond motifs is 3. The van der Waals surface area contributed by atoms with E-state index in [4.69, 9.17) is 5.73 Å². The van der Waals surface area contributed by atoms with E-state index in [0.29, 0.717) is 11.0 Å². The minimum Gasteiger partial charge on any atom is -0.375 e. The van der Waals surface area contributed by atoms with Crippen LogP contribution in [0.3, 0.4) is 0 Å². The number of H-pyrrole nitrogens is 1. The number of rotatable bonds is 2. The third-order valence-electron chi connectivity index (χ3n) is 2.68. The van der Waals surface area contributed by atoms with E-state index in [1.54, 1.807) is 0 Å². The van der Waals surface area contributed by atoms with Gasteiger partial charge in [0.25, 0.3) is 0 Å². The molecule has 0 atom stereocenters. The van der Waals surface area contributed by atoms with E-state index < -0.39 is 0 Å². The van der Waals surface area contributed by atoms with Crippen LogP contribution in [0.5, 0.6) is 0 Å². The van der Waals surface area contributed by atoms with Crippen LogP contribution >= 0.6 is 11.3 Å². The van der Waals surface area contributed by atoms with Crippen LogP contribution in [0.25, 0.3) is 21.3 Å². The van der Waals surface area contributed by atoms with E-state index in [9.17, 15) is 0 Å². The lowest BCUT2D eigenvalue weighted by Crippen LogP contribution is -1.95. The SMILES string of the molecule is CC(C)Cc1nc2c(ccc3nc(N)sc32)[nH]1. The number of nitrogens with one attached hydrogen (secondary N) is 1. The average molecular weight is 246 g/mol. The molecule has 0 unspecified atom stereocenters. The Hall–Kier alpha value is -1.62. The fourth-order valence-electron chi connectivity index (χ4n) is 2.01. The first-order chi connectivity index (χ1) is 8.13. The highest BCUT2D eigenvalue weighted by atomic mass is 32.1. The first-order valence-electron chi connectivity index (χ1n) is 5.67. The second kappa shape index (κ2) is 3.70. The Labute approximate surface area is 103 Å². The van der Waals surface area contributed by atoms with Gasteiger partial charge in [-0.05, 0) is 18.1 Å². The Balaban J connectivity index is 2.23. The number of nitrogens with zero attached hydrogens (tertiary/aromatic N) is 2. The van der Waals surface area contributed by atoms with Gasteiger partial charge in [0.05, 0.1) is 15.7 Å². The van der Waals surface area contributed by atoms with Gasteiger partial charge in [0.1, 0.15) is 11.3 Å². The summed E-state index contributed by atoms with van der Waals surface area (Å²) in [6.07, 6.45) is 0.963. The fraction of sp³-hybridized carbons (Fsp3) is 0.333. The zero-order chi connectivity index (χ0) is 12.0. The second-order valence-corrected chi connectivity index (χ2v) is 5.67. The molecule has 3 rings (SSSR count). The van der Waals surface area contributed by atoms with Gasteiger partial charge < -0.3 is 10.7 Å². The van der Waals surface area contributed by atoms with E-state index in [1.165, 1.54) is 11.3 Å². The summed E-state index contributed by atoms with van der Waals surface area (Å²) in [5, 5.41) is 0.598.